The van der Waals surface area contributed by atoms with E-state index in [9.17, 15) is 24.0 Å². The fourth-order valence-corrected chi connectivity index (χ4v) is 1.03. The Bertz CT molecular complexity index is 625. The molecule has 0 aliphatic carbocycles. The van der Waals surface area contributed by atoms with E-state index in [2.05, 4.69) is 33.6 Å². The van der Waals surface area contributed by atoms with Crippen molar-refractivity contribution in [2.24, 2.45) is 15.7 Å². The molecule has 0 bridgehead atoms. The molecule has 208 valence electrons. The van der Waals surface area contributed by atoms with Crippen LogP contribution >= 0.6 is 0 Å². The van der Waals surface area contributed by atoms with Gasteiger partial charge in [-0.25, -0.2) is 34.0 Å². The Morgan fingerprint density at radius 1 is 0.861 bits per heavy atom. The minimum atomic E-state index is -0.954. The van der Waals surface area contributed by atoms with Crippen LogP contribution in [0.3, 0.4) is 0 Å². The molecule has 0 saturated carbocycles. The number of carboxylic acid groups (broad SMARTS) is 2. The highest BCUT2D eigenvalue weighted by Crippen LogP contribution is 1.99. The Labute approximate surface area is 210 Å². The zero-order valence-electron chi connectivity index (χ0n) is 21.0. The van der Waals surface area contributed by atoms with Gasteiger partial charge >= 0.3 is 18.0 Å². The number of aliphatic hydroxyl groups is 3. The van der Waals surface area contributed by atoms with Crippen LogP contribution in [0.1, 0.15) is 46.5 Å². The highest BCUT2D eigenvalue weighted by atomic mass is 16.5. The van der Waals surface area contributed by atoms with E-state index in [1.165, 1.54) is 26.0 Å². The van der Waals surface area contributed by atoms with Crippen molar-refractivity contribution in [2.75, 3.05) is 32.9 Å². The summed E-state index contributed by atoms with van der Waals surface area (Å²) in [6.45, 7) is 11.6. The predicted octanol–water partition coefficient (Wildman–Crippen LogP) is 0.946. The van der Waals surface area contributed by atoms with Crippen LogP contribution < -0.4 is 5.73 Å². The molecule has 0 aromatic carbocycles. The third-order valence-electron chi connectivity index (χ3n) is 2.86. The Kier molecular flexibility index (Phi) is 42.4. The van der Waals surface area contributed by atoms with Gasteiger partial charge in [0.15, 0.2) is 0 Å². The number of carbonyl (C=O) groups excluding carboxylic acids is 3. The van der Waals surface area contributed by atoms with E-state index in [1.807, 2.05) is 0 Å². The fourth-order valence-electron chi connectivity index (χ4n) is 1.03. The van der Waals surface area contributed by atoms with E-state index < -0.39 is 24.1 Å². The normalized spacial score (nSPS) is 8.19. The Balaban J connectivity index is -0.000000116. The number of nitrogens with zero attached hydrogens (tertiary/aromatic N) is 2. The van der Waals surface area contributed by atoms with Crippen LogP contribution in [0.15, 0.2) is 34.3 Å². The van der Waals surface area contributed by atoms with Crippen molar-refractivity contribution in [3.63, 3.8) is 0 Å². The van der Waals surface area contributed by atoms with Crippen molar-refractivity contribution in [1.82, 2.24) is 0 Å². The van der Waals surface area contributed by atoms with Gasteiger partial charge in [0.2, 0.25) is 12.2 Å². The molecule has 14 heteroatoms. The molecule has 0 spiro atoms. The lowest BCUT2D eigenvalue weighted by Crippen LogP contribution is -2.15. The standard InChI is InChI=1S/C8H12N2O2.2C4H6O2.C3H7NO2.C3H8O3/c11-7-9-5-3-1-2-4-6-10-8-12;2*1-3(2)4(5)6;1-2-6-3(4)5;4-1-3(6)2-5/h1-6H2;2*1H2,2H3,(H,5,6);2H2,1H3,(H2,4,5);3-6H,1-2H2. The number of nitrogens with two attached hydrogens (primary N) is 1. The van der Waals surface area contributed by atoms with Crippen molar-refractivity contribution in [3.8, 4) is 0 Å². The van der Waals surface area contributed by atoms with E-state index in [0.717, 1.165) is 25.7 Å². The van der Waals surface area contributed by atoms with Crippen molar-refractivity contribution in [3.05, 3.63) is 24.3 Å². The third kappa shape index (κ3) is 63.1. The van der Waals surface area contributed by atoms with Crippen LogP contribution in [0, 0.1) is 0 Å². The minimum absolute atomic E-state index is 0.176. The van der Waals surface area contributed by atoms with Gasteiger partial charge in [-0.1, -0.05) is 26.0 Å². The Morgan fingerprint density at radius 3 is 1.28 bits per heavy atom. The summed E-state index contributed by atoms with van der Waals surface area (Å²) in [5.41, 5.74) is 4.89. The van der Waals surface area contributed by atoms with E-state index in [4.69, 9.17) is 25.5 Å². The quantitative estimate of drug-likeness (QED) is 0.0912. The van der Waals surface area contributed by atoms with E-state index in [1.54, 1.807) is 6.92 Å². The van der Waals surface area contributed by atoms with Gasteiger partial charge in [0.25, 0.3) is 0 Å². The number of aliphatic carboxylic acids is 2. The second kappa shape index (κ2) is 35.9. The highest BCUT2D eigenvalue weighted by molar-refractivity contribution is 5.85. The Morgan fingerprint density at radius 2 is 1.17 bits per heavy atom. The minimum Gasteiger partial charge on any atom is -0.478 e. The molecule has 0 rings (SSSR count). The lowest BCUT2D eigenvalue weighted by molar-refractivity contribution is -0.133. The summed E-state index contributed by atoms with van der Waals surface area (Å²) in [6, 6.07) is 0. The number of hydrogen-bond acceptors (Lipinski definition) is 11. The first-order valence-electron chi connectivity index (χ1n) is 10.5. The maximum atomic E-state index is 9.63. The predicted molar refractivity (Wildman–Crippen MR) is 131 cm³/mol. The van der Waals surface area contributed by atoms with Crippen LogP contribution in [-0.4, -0.2) is 94.7 Å². The van der Waals surface area contributed by atoms with Gasteiger partial charge in [-0.15, -0.1) is 0 Å². The molecule has 1 amide bonds. The molecule has 36 heavy (non-hydrogen) atoms. The van der Waals surface area contributed by atoms with Crippen LogP contribution in [0.25, 0.3) is 0 Å². The zero-order valence-corrected chi connectivity index (χ0v) is 21.0. The largest absolute Gasteiger partial charge is 0.478 e. The van der Waals surface area contributed by atoms with Gasteiger partial charge < -0.3 is 36.0 Å². The van der Waals surface area contributed by atoms with Crippen LogP contribution in [0.5, 0.6) is 0 Å². The smallest absolute Gasteiger partial charge is 0.404 e. The van der Waals surface area contributed by atoms with Gasteiger partial charge in [-0.2, -0.15) is 0 Å². The molecule has 0 heterocycles. The number of rotatable bonds is 12. The van der Waals surface area contributed by atoms with Crippen molar-refractivity contribution < 1.29 is 54.2 Å². The summed E-state index contributed by atoms with van der Waals surface area (Å²) >= 11 is 0. The third-order valence-corrected chi connectivity index (χ3v) is 2.86. The maximum absolute atomic E-state index is 9.63. The van der Waals surface area contributed by atoms with Gasteiger partial charge in [0.05, 0.1) is 32.9 Å². The number of hydrogen-bond donors (Lipinski definition) is 6. The molecular weight excluding hydrogens is 482 g/mol. The monoisotopic (exact) mass is 521 g/mol. The summed E-state index contributed by atoms with van der Waals surface area (Å²) in [5, 5.41) is 39.8. The first kappa shape index (κ1) is 42.5. The number of primary amides is 1. The molecule has 0 aromatic heterocycles. The molecule has 0 unspecified atom stereocenters. The van der Waals surface area contributed by atoms with Crippen molar-refractivity contribution in [2.45, 2.75) is 52.6 Å². The van der Waals surface area contributed by atoms with Crippen LogP contribution in [0.4, 0.5) is 4.79 Å². The first-order chi connectivity index (χ1) is 16.8. The topological polar surface area (TPSA) is 246 Å². The second-order valence-electron chi connectivity index (χ2n) is 6.30. The number of isocyanates is 2. The molecule has 0 radical (unpaired) electrons. The van der Waals surface area contributed by atoms with Crippen LogP contribution in [0.2, 0.25) is 0 Å². The van der Waals surface area contributed by atoms with Crippen molar-refractivity contribution >= 4 is 30.2 Å². The van der Waals surface area contributed by atoms with E-state index in [-0.39, 0.29) is 24.4 Å². The number of amides is 1. The van der Waals surface area contributed by atoms with E-state index in [0.29, 0.717) is 19.7 Å². The lowest BCUT2D eigenvalue weighted by Gasteiger charge is -1.96. The number of aliphatic imine (C=N–C) groups is 2. The molecule has 0 atom stereocenters. The summed E-state index contributed by atoms with van der Waals surface area (Å²) in [5.74, 6) is -1.87. The molecular formula is C22H39N3O11. The SMILES string of the molecule is C=C(C)C(=O)O.C=C(C)C(=O)O.CCOC(N)=O.O=C=NCCCCCCN=C=O.OCC(O)CO. The number of carboxylic acids is 2. The Hall–Kier alpha value is -3.67. The maximum Gasteiger partial charge on any atom is 0.404 e. The van der Waals surface area contributed by atoms with Gasteiger partial charge in [-0.3, -0.25) is 0 Å². The number of carbonyl (C=O) groups is 3. The molecule has 7 N–H and O–H groups in total. The number of aliphatic hydroxyl groups excluding tert-OH is 3. The lowest BCUT2D eigenvalue weighted by atomic mass is 10.2. The summed E-state index contributed by atoms with van der Waals surface area (Å²) in [4.78, 5) is 54.9. The highest BCUT2D eigenvalue weighted by Gasteiger charge is 1.94. The summed E-state index contributed by atoms with van der Waals surface area (Å²) in [6.07, 6.45) is 5.14. The number of ether oxygens (including phenoxy) is 1. The van der Waals surface area contributed by atoms with Gasteiger partial charge in [0, 0.05) is 11.1 Å². The summed E-state index contributed by atoms with van der Waals surface area (Å²) in [7, 11) is 0. The van der Waals surface area contributed by atoms with E-state index >= 15 is 0 Å². The molecule has 0 fully saturated rings. The number of unbranched alkanes of at least 4 members (excludes halogenated alkanes) is 3. The van der Waals surface area contributed by atoms with Crippen molar-refractivity contribution in [1.29, 1.82) is 0 Å². The average molecular weight is 522 g/mol. The first-order valence-corrected chi connectivity index (χ1v) is 10.5. The molecule has 0 aliphatic heterocycles. The average Bonchev–Trinajstić information content (AvgIpc) is 2.81. The molecule has 0 saturated heterocycles. The molecule has 0 aliphatic rings. The second-order valence-corrected chi connectivity index (χ2v) is 6.30. The zero-order chi connectivity index (χ0) is 29.4. The molecule has 14 nitrogen and oxygen atoms in total. The van der Waals surface area contributed by atoms with Crippen LogP contribution in [-0.2, 0) is 23.9 Å². The van der Waals surface area contributed by atoms with Gasteiger partial charge in [-0.05, 0) is 33.6 Å². The molecule has 0 aromatic rings. The van der Waals surface area contributed by atoms with Gasteiger partial charge in [0.1, 0.15) is 6.10 Å². The summed E-state index contributed by atoms with van der Waals surface area (Å²) < 4.78 is 4.18. The fraction of sp³-hybridized carbons (Fsp3) is 0.591.